The SMILES string of the molecule is Cn1nc(-c2ccc(OCC3CCN(C4CCCC4)CC3)cc2)ccc1=O. The fraction of sp³-hybridized carbons (Fsp3) is 0.545. The third kappa shape index (κ3) is 4.41. The lowest BCUT2D eigenvalue weighted by Crippen LogP contribution is -2.41. The van der Waals surface area contributed by atoms with Crippen molar-refractivity contribution in [2.45, 2.75) is 44.6 Å². The molecule has 1 aliphatic heterocycles. The highest BCUT2D eigenvalue weighted by Crippen LogP contribution is 2.28. The van der Waals surface area contributed by atoms with Crippen molar-refractivity contribution in [2.24, 2.45) is 13.0 Å². The summed E-state index contributed by atoms with van der Waals surface area (Å²) in [6, 6.07) is 12.2. The van der Waals surface area contributed by atoms with Crippen LogP contribution in [0.15, 0.2) is 41.2 Å². The number of aromatic nitrogens is 2. The Morgan fingerprint density at radius 1 is 1.00 bits per heavy atom. The fourth-order valence-electron chi connectivity index (χ4n) is 4.35. The van der Waals surface area contributed by atoms with E-state index in [0.717, 1.165) is 29.7 Å². The highest BCUT2D eigenvalue weighted by Gasteiger charge is 2.27. The van der Waals surface area contributed by atoms with E-state index in [2.05, 4.69) is 10.00 Å². The van der Waals surface area contributed by atoms with Crippen molar-refractivity contribution >= 4 is 0 Å². The van der Waals surface area contributed by atoms with Gasteiger partial charge in [0.15, 0.2) is 0 Å². The number of piperidine rings is 1. The first-order valence-electron chi connectivity index (χ1n) is 10.2. The highest BCUT2D eigenvalue weighted by atomic mass is 16.5. The van der Waals surface area contributed by atoms with Crippen LogP contribution in [-0.4, -0.2) is 40.4 Å². The number of likely N-dealkylation sites (tertiary alicyclic amines) is 1. The number of ether oxygens (including phenoxy) is 1. The van der Waals surface area contributed by atoms with Crippen LogP contribution in [0.4, 0.5) is 0 Å². The van der Waals surface area contributed by atoms with Gasteiger partial charge in [-0.2, -0.15) is 5.10 Å². The molecule has 1 saturated carbocycles. The molecule has 2 aliphatic rings. The predicted molar refractivity (Wildman–Crippen MR) is 107 cm³/mol. The number of hydrogen-bond donors (Lipinski definition) is 0. The van der Waals surface area contributed by atoms with Gasteiger partial charge < -0.3 is 9.64 Å². The van der Waals surface area contributed by atoms with Crippen LogP contribution in [0.3, 0.4) is 0 Å². The smallest absolute Gasteiger partial charge is 0.266 e. The molecule has 4 rings (SSSR count). The minimum Gasteiger partial charge on any atom is -0.493 e. The number of aryl methyl sites for hydroxylation is 1. The van der Waals surface area contributed by atoms with Gasteiger partial charge in [0, 0.05) is 24.7 Å². The quantitative estimate of drug-likeness (QED) is 0.812. The van der Waals surface area contributed by atoms with Crippen LogP contribution < -0.4 is 10.3 Å². The van der Waals surface area contributed by atoms with Gasteiger partial charge >= 0.3 is 0 Å². The molecule has 2 aromatic rings. The Morgan fingerprint density at radius 3 is 2.37 bits per heavy atom. The van der Waals surface area contributed by atoms with Gasteiger partial charge in [-0.15, -0.1) is 0 Å². The van der Waals surface area contributed by atoms with Crippen molar-refractivity contribution in [1.29, 1.82) is 0 Å². The predicted octanol–water partition coefficient (Wildman–Crippen LogP) is 3.48. The first-order valence-corrected chi connectivity index (χ1v) is 10.2. The summed E-state index contributed by atoms with van der Waals surface area (Å²) in [7, 11) is 1.67. The zero-order chi connectivity index (χ0) is 18.6. The van der Waals surface area contributed by atoms with Crippen LogP contribution in [0, 0.1) is 5.92 Å². The van der Waals surface area contributed by atoms with Crippen LogP contribution in [0.2, 0.25) is 0 Å². The standard InChI is InChI=1S/C22H29N3O2/c1-24-22(26)11-10-21(23-24)18-6-8-20(9-7-18)27-16-17-12-14-25(15-13-17)19-4-2-3-5-19/h6-11,17,19H,2-5,12-16H2,1H3. The molecule has 0 radical (unpaired) electrons. The summed E-state index contributed by atoms with van der Waals surface area (Å²) in [6.07, 6.45) is 8.13. The lowest BCUT2D eigenvalue weighted by molar-refractivity contribution is 0.108. The van der Waals surface area contributed by atoms with Crippen LogP contribution in [0.25, 0.3) is 11.3 Å². The molecule has 5 heteroatoms. The molecule has 1 aromatic carbocycles. The summed E-state index contributed by atoms with van der Waals surface area (Å²) in [6.45, 7) is 3.27. The molecule has 1 aromatic heterocycles. The van der Waals surface area contributed by atoms with Gasteiger partial charge in [0.05, 0.1) is 12.3 Å². The van der Waals surface area contributed by atoms with Gasteiger partial charge in [-0.25, -0.2) is 4.68 Å². The zero-order valence-electron chi connectivity index (χ0n) is 16.1. The Hall–Kier alpha value is -2.14. The molecule has 1 aliphatic carbocycles. The fourth-order valence-corrected chi connectivity index (χ4v) is 4.35. The lowest BCUT2D eigenvalue weighted by atomic mass is 9.96. The molecular formula is C22H29N3O2. The number of benzene rings is 1. The van der Waals surface area contributed by atoms with Crippen LogP contribution in [0.5, 0.6) is 5.75 Å². The Kier molecular flexibility index (Phi) is 5.58. The zero-order valence-corrected chi connectivity index (χ0v) is 16.1. The summed E-state index contributed by atoms with van der Waals surface area (Å²) >= 11 is 0. The van der Waals surface area contributed by atoms with E-state index in [4.69, 9.17) is 4.74 Å². The van der Waals surface area contributed by atoms with Gasteiger partial charge in [-0.05, 0) is 75.0 Å². The summed E-state index contributed by atoms with van der Waals surface area (Å²) in [4.78, 5) is 14.2. The van der Waals surface area contributed by atoms with Crippen molar-refractivity contribution < 1.29 is 4.74 Å². The van der Waals surface area contributed by atoms with Crippen molar-refractivity contribution in [1.82, 2.24) is 14.7 Å². The Labute approximate surface area is 161 Å². The number of rotatable bonds is 5. The van der Waals surface area contributed by atoms with Crippen molar-refractivity contribution in [3.63, 3.8) is 0 Å². The van der Waals surface area contributed by atoms with E-state index in [0.29, 0.717) is 5.92 Å². The largest absolute Gasteiger partial charge is 0.493 e. The molecule has 144 valence electrons. The van der Waals surface area contributed by atoms with Crippen LogP contribution in [0.1, 0.15) is 38.5 Å². The first-order chi connectivity index (χ1) is 13.2. The topological polar surface area (TPSA) is 47.4 Å². The average molecular weight is 367 g/mol. The molecule has 1 saturated heterocycles. The summed E-state index contributed by atoms with van der Waals surface area (Å²) in [5, 5.41) is 4.29. The third-order valence-corrected chi connectivity index (χ3v) is 6.09. The van der Waals surface area contributed by atoms with Gasteiger partial charge in [0.2, 0.25) is 0 Å². The Balaban J connectivity index is 1.28. The van der Waals surface area contributed by atoms with E-state index in [1.54, 1.807) is 19.2 Å². The minimum absolute atomic E-state index is 0.0994. The molecule has 0 unspecified atom stereocenters. The maximum atomic E-state index is 11.5. The van der Waals surface area contributed by atoms with Crippen LogP contribution >= 0.6 is 0 Å². The monoisotopic (exact) mass is 367 g/mol. The van der Waals surface area contributed by atoms with Crippen molar-refractivity contribution in [3.05, 3.63) is 46.8 Å². The summed E-state index contributed by atoms with van der Waals surface area (Å²) < 4.78 is 7.40. The normalized spacial score (nSPS) is 19.4. The Morgan fingerprint density at radius 2 is 1.70 bits per heavy atom. The molecule has 27 heavy (non-hydrogen) atoms. The molecule has 0 N–H and O–H groups in total. The van der Waals surface area contributed by atoms with E-state index < -0.39 is 0 Å². The van der Waals surface area contributed by atoms with Gasteiger partial charge in [-0.3, -0.25) is 4.79 Å². The average Bonchev–Trinajstić information content (AvgIpc) is 3.24. The molecule has 0 bridgehead atoms. The molecule has 0 amide bonds. The van der Waals surface area contributed by atoms with E-state index >= 15 is 0 Å². The number of nitrogens with zero attached hydrogens (tertiary/aromatic N) is 3. The van der Waals surface area contributed by atoms with Gasteiger partial charge in [0.25, 0.3) is 5.56 Å². The summed E-state index contributed by atoms with van der Waals surface area (Å²) in [5.74, 6) is 1.56. The molecule has 2 fully saturated rings. The summed E-state index contributed by atoms with van der Waals surface area (Å²) in [5.41, 5.74) is 1.68. The van der Waals surface area contributed by atoms with Crippen molar-refractivity contribution in [3.8, 4) is 17.0 Å². The number of hydrogen-bond acceptors (Lipinski definition) is 4. The Bertz CT molecular complexity index is 801. The molecule has 0 spiro atoms. The minimum atomic E-state index is -0.0994. The maximum absolute atomic E-state index is 11.5. The van der Waals surface area contributed by atoms with Gasteiger partial charge in [-0.1, -0.05) is 12.8 Å². The van der Waals surface area contributed by atoms with Gasteiger partial charge in [0.1, 0.15) is 5.75 Å². The van der Waals surface area contributed by atoms with E-state index in [1.807, 2.05) is 24.3 Å². The van der Waals surface area contributed by atoms with E-state index in [9.17, 15) is 4.79 Å². The lowest BCUT2D eigenvalue weighted by Gasteiger charge is -2.35. The van der Waals surface area contributed by atoms with E-state index in [1.165, 1.54) is 56.3 Å². The van der Waals surface area contributed by atoms with Crippen LogP contribution in [-0.2, 0) is 7.05 Å². The maximum Gasteiger partial charge on any atom is 0.266 e. The second kappa shape index (κ2) is 8.26. The van der Waals surface area contributed by atoms with E-state index in [-0.39, 0.29) is 5.56 Å². The third-order valence-electron chi connectivity index (χ3n) is 6.09. The molecule has 2 heterocycles. The highest BCUT2D eigenvalue weighted by molar-refractivity contribution is 5.59. The second-order valence-electron chi connectivity index (χ2n) is 7.93. The van der Waals surface area contributed by atoms with Crippen molar-refractivity contribution in [2.75, 3.05) is 19.7 Å². The molecular weight excluding hydrogens is 338 g/mol. The molecule has 5 nitrogen and oxygen atoms in total. The molecule has 0 atom stereocenters. The first kappa shape index (κ1) is 18.2. The second-order valence-corrected chi connectivity index (χ2v) is 7.93.